The molecule has 142 valence electrons. The predicted octanol–water partition coefficient (Wildman–Crippen LogP) is 3.43. The summed E-state index contributed by atoms with van der Waals surface area (Å²) >= 11 is 1.80. The van der Waals surface area contributed by atoms with E-state index in [9.17, 15) is 0 Å². The second-order valence-electron chi connectivity index (χ2n) is 6.73. The molecule has 1 fully saturated rings. The minimum Gasteiger partial charge on any atom is -0.469 e. The van der Waals surface area contributed by atoms with Gasteiger partial charge in [-0.2, -0.15) is 0 Å². The van der Waals surface area contributed by atoms with Crippen molar-refractivity contribution in [3.8, 4) is 0 Å². The largest absolute Gasteiger partial charge is 0.469 e. The molecule has 3 heterocycles. The third-order valence-electron chi connectivity index (χ3n) is 4.67. The molecule has 1 saturated heterocycles. The molecule has 26 heavy (non-hydrogen) atoms. The topological polar surface area (TPSA) is 50.0 Å². The van der Waals surface area contributed by atoms with E-state index in [1.54, 1.807) is 17.6 Å². The van der Waals surface area contributed by atoms with Crippen LogP contribution in [0.3, 0.4) is 0 Å². The van der Waals surface area contributed by atoms with Gasteiger partial charge in [-0.1, -0.05) is 6.07 Å². The number of hydrogen-bond acceptors (Lipinski definition) is 4. The van der Waals surface area contributed by atoms with Gasteiger partial charge in [-0.05, 0) is 42.3 Å². The average molecular weight is 376 g/mol. The maximum absolute atomic E-state index is 5.48. The lowest BCUT2D eigenvalue weighted by Crippen LogP contribution is -2.43. The van der Waals surface area contributed by atoms with Gasteiger partial charge in [0.2, 0.25) is 0 Å². The molecule has 2 aromatic heterocycles. The third kappa shape index (κ3) is 6.18. The Morgan fingerprint density at radius 1 is 1.27 bits per heavy atom. The summed E-state index contributed by atoms with van der Waals surface area (Å²) in [6.07, 6.45) is 5.86. The Balaban J connectivity index is 1.53. The van der Waals surface area contributed by atoms with Gasteiger partial charge in [-0.3, -0.25) is 4.99 Å². The summed E-state index contributed by atoms with van der Waals surface area (Å²) in [4.78, 5) is 8.51. The lowest BCUT2D eigenvalue weighted by atomic mass is 10.00. The van der Waals surface area contributed by atoms with Crippen LogP contribution in [0.5, 0.6) is 0 Å². The van der Waals surface area contributed by atoms with Crippen molar-refractivity contribution in [1.82, 2.24) is 10.2 Å². The number of nitrogens with one attached hydrogen (secondary N) is 1. The third-order valence-corrected chi connectivity index (χ3v) is 5.61. The van der Waals surface area contributed by atoms with E-state index in [4.69, 9.17) is 14.1 Å². The standard InChI is InChI=1S/C20H29N3O2S/c1-23(16-17-8-13-24-14-9-17)20(21-10-6-18-4-2-12-25-18)22-11-7-19-5-3-15-26-19/h2-5,12,15,17H,6-11,13-14,16H2,1H3,(H,21,22). The fraction of sp³-hybridized carbons (Fsp3) is 0.550. The van der Waals surface area contributed by atoms with Gasteiger partial charge in [-0.15, -0.1) is 11.3 Å². The molecule has 3 rings (SSSR count). The van der Waals surface area contributed by atoms with Crippen LogP contribution < -0.4 is 5.32 Å². The molecular weight excluding hydrogens is 346 g/mol. The molecule has 5 nitrogen and oxygen atoms in total. The van der Waals surface area contributed by atoms with E-state index in [1.807, 2.05) is 12.1 Å². The lowest BCUT2D eigenvalue weighted by molar-refractivity contribution is 0.0610. The van der Waals surface area contributed by atoms with E-state index in [1.165, 1.54) is 4.88 Å². The number of thiophene rings is 1. The van der Waals surface area contributed by atoms with Crippen molar-refractivity contribution < 1.29 is 9.15 Å². The Kier molecular flexibility index (Phi) is 7.58. The van der Waals surface area contributed by atoms with E-state index in [2.05, 4.69) is 34.8 Å². The van der Waals surface area contributed by atoms with Gasteiger partial charge < -0.3 is 19.4 Å². The molecule has 2 aromatic rings. The number of hydrogen-bond donors (Lipinski definition) is 1. The van der Waals surface area contributed by atoms with Gasteiger partial charge in [0, 0.05) is 57.6 Å². The summed E-state index contributed by atoms with van der Waals surface area (Å²) in [5.41, 5.74) is 0. The van der Waals surface area contributed by atoms with Crippen molar-refractivity contribution in [1.29, 1.82) is 0 Å². The summed E-state index contributed by atoms with van der Waals surface area (Å²) in [5.74, 6) is 2.67. The Labute approximate surface area is 160 Å². The molecule has 1 aliphatic heterocycles. The minimum atomic E-state index is 0.683. The van der Waals surface area contributed by atoms with Crippen LogP contribution in [0.25, 0.3) is 0 Å². The number of nitrogens with zero attached hydrogens (tertiary/aromatic N) is 2. The Bertz CT molecular complexity index is 634. The van der Waals surface area contributed by atoms with Gasteiger partial charge in [0.25, 0.3) is 0 Å². The van der Waals surface area contributed by atoms with Gasteiger partial charge in [-0.25, -0.2) is 0 Å². The second kappa shape index (κ2) is 10.4. The van der Waals surface area contributed by atoms with Gasteiger partial charge in [0.15, 0.2) is 5.96 Å². The molecule has 0 amide bonds. The predicted molar refractivity (Wildman–Crippen MR) is 107 cm³/mol. The molecule has 0 aromatic carbocycles. The highest BCUT2D eigenvalue weighted by Gasteiger charge is 2.17. The number of aliphatic imine (C=N–C) groups is 1. The average Bonchev–Trinajstić information content (AvgIpc) is 3.35. The molecule has 0 bridgehead atoms. The summed E-state index contributed by atoms with van der Waals surface area (Å²) < 4.78 is 10.9. The molecule has 0 saturated carbocycles. The van der Waals surface area contributed by atoms with Crippen LogP contribution in [-0.4, -0.2) is 50.8 Å². The van der Waals surface area contributed by atoms with Crippen LogP contribution in [0.1, 0.15) is 23.5 Å². The first kappa shape index (κ1) is 19.0. The summed E-state index contributed by atoms with van der Waals surface area (Å²) in [5, 5.41) is 5.64. The highest BCUT2D eigenvalue weighted by atomic mass is 32.1. The molecule has 0 spiro atoms. The van der Waals surface area contributed by atoms with Crippen LogP contribution in [0.15, 0.2) is 45.3 Å². The Hall–Kier alpha value is -1.79. The van der Waals surface area contributed by atoms with Crippen LogP contribution in [-0.2, 0) is 17.6 Å². The highest BCUT2D eigenvalue weighted by molar-refractivity contribution is 7.09. The minimum absolute atomic E-state index is 0.683. The van der Waals surface area contributed by atoms with Crippen molar-refractivity contribution >= 4 is 17.3 Å². The first-order valence-corrected chi connectivity index (χ1v) is 10.3. The lowest BCUT2D eigenvalue weighted by Gasteiger charge is -2.29. The number of guanidine groups is 1. The second-order valence-corrected chi connectivity index (χ2v) is 7.76. The zero-order valence-corrected chi connectivity index (χ0v) is 16.3. The SMILES string of the molecule is CN(CC1CCOCC1)C(=NCCc1cccs1)NCCc1ccco1. The van der Waals surface area contributed by atoms with E-state index in [0.717, 1.165) is 70.3 Å². The van der Waals surface area contributed by atoms with Crippen molar-refractivity contribution in [2.45, 2.75) is 25.7 Å². The smallest absolute Gasteiger partial charge is 0.193 e. The van der Waals surface area contributed by atoms with Crippen LogP contribution in [0.4, 0.5) is 0 Å². The number of rotatable bonds is 8. The van der Waals surface area contributed by atoms with Crippen LogP contribution in [0, 0.1) is 5.92 Å². The normalized spacial score (nSPS) is 16.0. The number of furan rings is 1. The first-order chi connectivity index (χ1) is 12.8. The maximum Gasteiger partial charge on any atom is 0.193 e. The van der Waals surface area contributed by atoms with Crippen molar-refractivity contribution in [2.75, 3.05) is 39.9 Å². The fourth-order valence-corrected chi connectivity index (χ4v) is 3.89. The van der Waals surface area contributed by atoms with E-state index in [-0.39, 0.29) is 0 Å². The summed E-state index contributed by atoms with van der Waals surface area (Å²) in [7, 11) is 2.14. The zero-order chi connectivity index (χ0) is 18.0. The van der Waals surface area contributed by atoms with E-state index < -0.39 is 0 Å². The van der Waals surface area contributed by atoms with Gasteiger partial charge in [0.05, 0.1) is 6.26 Å². The molecule has 1 aliphatic rings. The van der Waals surface area contributed by atoms with Crippen molar-refractivity contribution in [3.05, 3.63) is 46.5 Å². The van der Waals surface area contributed by atoms with Crippen LogP contribution in [0.2, 0.25) is 0 Å². The van der Waals surface area contributed by atoms with Crippen molar-refractivity contribution in [3.63, 3.8) is 0 Å². The molecule has 6 heteroatoms. The Morgan fingerprint density at radius 2 is 2.15 bits per heavy atom. The Morgan fingerprint density at radius 3 is 2.88 bits per heavy atom. The highest BCUT2D eigenvalue weighted by Crippen LogP contribution is 2.15. The molecule has 0 radical (unpaired) electrons. The van der Waals surface area contributed by atoms with E-state index in [0.29, 0.717) is 5.92 Å². The van der Waals surface area contributed by atoms with E-state index >= 15 is 0 Å². The van der Waals surface area contributed by atoms with Crippen LogP contribution >= 0.6 is 11.3 Å². The quantitative estimate of drug-likeness (QED) is 0.567. The molecule has 0 unspecified atom stereocenters. The first-order valence-electron chi connectivity index (χ1n) is 9.43. The molecule has 0 atom stereocenters. The maximum atomic E-state index is 5.48. The van der Waals surface area contributed by atoms with Crippen molar-refractivity contribution in [2.24, 2.45) is 10.9 Å². The zero-order valence-electron chi connectivity index (χ0n) is 15.5. The molecule has 0 aliphatic carbocycles. The monoisotopic (exact) mass is 375 g/mol. The molecular formula is C20H29N3O2S. The summed E-state index contributed by atoms with van der Waals surface area (Å²) in [6, 6.07) is 8.23. The van der Waals surface area contributed by atoms with Gasteiger partial charge >= 0.3 is 0 Å². The number of ether oxygens (including phenoxy) is 1. The summed E-state index contributed by atoms with van der Waals surface area (Å²) in [6.45, 7) is 4.42. The van der Waals surface area contributed by atoms with Gasteiger partial charge in [0.1, 0.15) is 5.76 Å². The molecule has 1 N–H and O–H groups in total. The fourth-order valence-electron chi connectivity index (χ4n) is 3.19.